The average molecular weight is 449 g/mol. The van der Waals surface area contributed by atoms with Gasteiger partial charge in [0.15, 0.2) is 14.1 Å². The van der Waals surface area contributed by atoms with Crippen LogP contribution in [0.5, 0.6) is 0 Å². The van der Waals surface area contributed by atoms with Crippen LogP contribution < -0.4 is 0 Å². The van der Waals surface area contributed by atoms with Gasteiger partial charge in [-0.1, -0.05) is 52.3 Å². The van der Waals surface area contributed by atoms with Crippen molar-refractivity contribution in [2.75, 3.05) is 19.8 Å². The van der Waals surface area contributed by atoms with E-state index >= 15 is 0 Å². The Balaban J connectivity index is 1.70. The molecule has 0 aliphatic carbocycles. The van der Waals surface area contributed by atoms with Crippen LogP contribution in [0.15, 0.2) is 30.3 Å². The van der Waals surface area contributed by atoms with E-state index in [2.05, 4.69) is 40.8 Å². The lowest BCUT2D eigenvalue weighted by molar-refractivity contribution is -0.305. The van der Waals surface area contributed by atoms with Gasteiger partial charge in [-0.15, -0.1) is 0 Å². The number of benzene rings is 1. The second kappa shape index (κ2) is 9.73. The van der Waals surface area contributed by atoms with E-state index in [1.165, 1.54) is 0 Å². The number of esters is 1. The minimum absolute atomic E-state index is 0.0000825. The molecule has 0 aromatic heterocycles. The number of ether oxygens (including phenoxy) is 3. The molecule has 4 atom stereocenters. The third-order valence-corrected chi connectivity index (χ3v) is 11.9. The van der Waals surface area contributed by atoms with E-state index < -0.39 is 14.1 Å². The van der Waals surface area contributed by atoms with Crippen LogP contribution in [-0.4, -0.2) is 46.0 Å². The van der Waals surface area contributed by atoms with Crippen molar-refractivity contribution in [2.24, 2.45) is 11.8 Å². The lowest BCUT2D eigenvalue weighted by atomic mass is 9.86. The normalized spacial score (nSPS) is 29.7. The van der Waals surface area contributed by atoms with Crippen molar-refractivity contribution in [3.8, 4) is 0 Å². The van der Waals surface area contributed by atoms with Gasteiger partial charge in [-0.2, -0.15) is 0 Å². The van der Waals surface area contributed by atoms with E-state index in [0.717, 1.165) is 25.9 Å². The first-order chi connectivity index (χ1) is 14.6. The highest BCUT2D eigenvalue weighted by molar-refractivity contribution is 6.74. The Morgan fingerprint density at radius 3 is 2.42 bits per heavy atom. The van der Waals surface area contributed by atoms with Gasteiger partial charge in [0.25, 0.3) is 0 Å². The summed E-state index contributed by atoms with van der Waals surface area (Å²) < 4.78 is 25.1. The fourth-order valence-electron chi connectivity index (χ4n) is 4.03. The summed E-state index contributed by atoms with van der Waals surface area (Å²) >= 11 is 0. The van der Waals surface area contributed by atoms with Crippen molar-refractivity contribution in [1.29, 1.82) is 0 Å². The monoisotopic (exact) mass is 448 g/mol. The summed E-state index contributed by atoms with van der Waals surface area (Å²) in [6.45, 7) is 15.0. The Hall–Kier alpha value is -1.21. The van der Waals surface area contributed by atoms with E-state index in [-0.39, 0.29) is 23.0 Å². The molecule has 0 saturated carbocycles. The topological polar surface area (TPSA) is 54.0 Å². The molecule has 6 heteroatoms. The van der Waals surface area contributed by atoms with Gasteiger partial charge in [-0.3, -0.25) is 0 Å². The maximum absolute atomic E-state index is 12.5. The van der Waals surface area contributed by atoms with Gasteiger partial charge in [0.1, 0.15) is 0 Å². The first kappa shape index (κ1) is 24.4. The molecular formula is C25H40O5Si. The van der Waals surface area contributed by atoms with Crippen molar-refractivity contribution in [1.82, 2.24) is 0 Å². The quantitative estimate of drug-likeness (QED) is 0.406. The molecule has 2 fully saturated rings. The molecular weight excluding hydrogens is 408 g/mol. The molecule has 0 amide bonds. The SMILES string of the molecule is CC[C@@H]1CC[C@@]2(C[C@H](O[Si](C)(C)C(C)(C)C)[C@@H](COC(=O)c3ccccc3)CO2)OC1. The molecule has 1 aromatic carbocycles. The largest absolute Gasteiger partial charge is 0.462 e. The highest BCUT2D eigenvalue weighted by Gasteiger charge is 2.49. The molecule has 2 heterocycles. The van der Waals surface area contributed by atoms with Crippen LogP contribution in [0.25, 0.3) is 0 Å². The molecule has 1 spiro atoms. The molecule has 0 unspecified atom stereocenters. The third-order valence-electron chi connectivity index (χ3n) is 7.38. The van der Waals surface area contributed by atoms with Crippen LogP contribution in [0.2, 0.25) is 18.1 Å². The Morgan fingerprint density at radius 1 is 1.16 bits per heavy atom. The van der Waals surface area contributed by atoms with E-state index in [1.807, 2.05) is 18.2 Å². The predicted molar refractivity (Wildman–Crippen MR) is 125 cm³/mol. The van der Waals surface area contributed by atoms with Crippen molar-refractivity contribution < 1.29 is 23.4 Å². The van der Waals surface area contributed by atoms with Gasteiger partial charge in [0, 0.05) is 18.8 Å². The molecule has 31 heavy (non-hydrogen) atoms. The zero-order valence-electron chi connectivity index (χ0n) is 20.1. The van der Waals surface area contributed by atoms with Crippen LogP contribution in [-0.2, 0) is 18.6 Å². The summed E-state index contributed by atoms with van der Waals surface area (Å²) in [7, 11) is -2.01. The van der Waals surface area contributed by atoms with Gasteiger partial charge >= 0.3 is 5.97 Å². The second-order valence-corrected chi connectivity index (χ2v) is 15.4. The number of rotatable bonds is 6. The first-order valence-corrected chi connectivity index (χ1v) is 14.6. The van der Waals surface area contributed by atoms with Crippen LogP contribution >= 0.6 is 0 Å². The fraction of sp³-hybridized carbons (Fsp3) is 0.720. The number of carbonyl (C=O) groups excluding carboxylic acids is 1. The number of hydrogen-bond acceptors (Lipinski definition) is 5. The Kier molecular flexibility index (Phi) is 7.67. The summed E-state index contributed by atoms with van der Waals surface area (Å²) in [5.74, 6) is -0.247. The summed E-state index contributed by atoms with van der Waals surface area (Å²) in [6.07, 6.45) is 3.81. The van der Waals surface area contributed by atoms with E-state index in [1.54, 1.807) is 12.1 Å². The Morgan fingerprint density at radius 2 is 1.84 bits per heavy atom. The predicted octanol–water partition coefficient (Wildman–Crippen LogP) is 5.80. The average Bonchev–Trinajstić information content (AvgIpc) is 2.73. The van der Waals surface area contributed by atoms with Crippen LogP contribution in [0.1, 0.15) is 63.7 Å². The molecule has 3 rings (SSSR count). The molecule has 5 nitrogen and oxygen atoms in total. The van der Waals surface area contributed by atoms with Gasteiger partial charge in [0.2, 0.25) is 0 Å². The number of hydrogen-bond donors (Lipinski definition) is 0. The van der Waals surface area contributed by atoms with Gasteiger partial charge < -0.3 is 18.6 Å². The first-order valence-electron chi connectivity index (χ1n) is 11.7. The zero-order chi connectivity index (χ0) is 22.7. The lowest BCUT2D eigenvalue weighted by Gasteiger charge is -2.50. The highest BCUT2D eigenvalue weighted by atomic mass is 28.4. The second-order valence-electron chi connectivity index (χ2n) is 10.7. The summed E-state index contributed by atoms with van der Waals surface area (Å²) in [5.41, 5.74) is 0.568. The van der Waals surface area contributed by atoms with Crippen molar-refractivity contribution in [3.63, 3.8) is 0 Å². The third kappa shape index (κ3) is 5.98. The van der Waals surface area contributed by atoms with Crippen LogP contribution in [0.4, 0.5) is 0 Å². The minimum Gasteiger partial charge on any atom is -0.462 e. The summed E-state index contributed by atoms with van der Waals surface area (Å²) in [4.78, 5) is 12.5. The maximum atomic E-state index is 12.5. The highest BCUT2D eigenvalue weighted by Crippen LogP contribution is 2.44. The Labute approximate surface area is 188 Å². The Bertz CT molecular complexity index is 719. The van der Waals surface area contributed by atoms with Crippen molar-refractivity contribution in [2.45, 2.75) is 83.4 Å². The van der Waals surface area contributed by atoms with E-state index in [0.29, 0.717) is 31.1 Å². The van der Waals surface area contributed by atoms with Crippen LogP contribution in [0.3, 0.4) is 0 Å². The molecule has 2 aliphatic heterocycles. The number of carbonyl (C=O) groups is 1. The van der Waals surface area contributed by atoms with Gasteiger partial charge in [-0.05, 0) is 42.6 Å². The maximum Gasteiger partial charge on any atom is 0.338 e. The fourth-order valence-corrected chi connectivity index (χ4v) is 5.42. The smallest absolute Gasteiger partial charge is 0.338 e. The van der Waals surface area contributed by atoms with E-state index in [4.69, 9.17) is 18.6 Å². The molecule has 0 bridgehead atoms. The zero-order valence-corrected chi connectivity index (χ0v) is 21.1. The minimum atomic E-state index is -2.01. The molecule has 2 aliphatic rings. The van der Waals surface area contributed by atoms with E-state index in [9.17, 15) is 4.79 Å². The molecule has 0 N–H and O–H groups in total. The molecule has 0 radical (unpaired) electrons. The summed E-state index contributed by atoms with van der Waals surface area (Å²) in [5, 5.41) is 0.102. The van der Waals surface area contributed by atoms with Gasteiger partial charge in [-0.25, -0.2) is 4.79 Å². The standard InChI is InChI=1S/C25H40O5Si/c1-7-19-13-14-25(28-16-19)15-22(30-31(5,6)24(2,3)4)21(18-29-25)17-27-23(26)20-11-9-8-10-12-20/h8-12,19,21-22H,7,13-18H2,1-6H3/t19-,21+,22+,25-/m1/s1. The van der Waals surface area contributed by atoms with Crippen molar-refractivity contribution in [3.05, 3.63) is 35.9 Å². The molecule has 1 aromatic rings. The molecule has 174 valence electrons. The summed E-state index contributed by atoms with van der Waals surface area (Å²) in [6, 6.07) is 9.13. The molecule has 2 saturated heterocycles. The lowest BCUT2D eigenvalue weighted by Crippen LogP contribution is -2.56. The van der Waals surface area contributed by atoms with Crippen molar-refractivity contribution >= 4 is 14.3 Å². The van der Waals surface area contributed by atoms with Gasteiger partial charge in [0.05, 0.1) is 31.5 Å². The van der Waals surface area contributed by atoms with Crippen LogP contribution in [0, 0.1) is 11.8 Å².